The van der Waals surface area contributed by atoms with E-state index in [-0.39, 0.29) is 31.6 Å². The van der Waals surface area contributed by atoms with E-state index in [1.54, 1.807) is 17.9 Å². The fraction of sp³-hybridized carbons (Fsp3) is 0.469. The Morgan fingerprint density at radius 1 is 1.15 bits per heavy atom. The Labute approximate surface area is 235 Å². The maximum atomic E-state index is 14.7. The molecule has 2 amide bonds. The molecule has 0 aliphatic carbocycles. The van der Waals surface area contributed by atoms with Gasteiger partial charge in [-0.1, -0.05) is 73.7 Å². The van der Waals surface area contributed by atoms with Gasteiger partial charge in [-0.3, -0.25) is 14.4 Å². The zero-order valence-electron chi connectivity index (χ0n) is 23.2. The van der Waals surface area contributed by atoms with Crippen molar-refractivity contribution in [3.05, 3.63) is 84.4 Å². The summed E-state index contributed by atoms with van der Waals surface area (Å²) in [7, 11) is 0. The van der Waals surface area contributed by atoms with Crippen molar-refractivity contribution in [1.82, 2.24) is 9.80 Å². The number of aliphatic hydroxyl groups is 1. The third kappa shape index (κ3) is 4.34. The number of likely N-dealkylation sites (tertiary alicyclic amines) is 1. The van der Waals surface area contributed by atoms with Gasteiger partial charge in [0.1, 0.15) is 17.6 Å². The van der Waals surface area contributed by atoms with Crippen LogP contribution >= 0.6 is 0 Å². The van der Waals surface area contributed by atoms with Crippen molar-refractivity contribution in [3.8, 4) is 0 Å². The lowest BCUT2D eigenvalue weighted by Crippen LogP contribution is -2.57. The molecule has 1 N–H and O–H groups in total. The van der Waals surface area contributed by atoms with Gasteiger partial charge in [0.25, 0.3) is 0 Å². The quantitative estimate of drug-likeness (QED) is 0.342. The summed E-state index contributed by atoms with van der Waals surface area (Å²) < 4.78 is 12.3. The molecule has 3 aliphatic heterocycles. The average molecular weight is 547 g/mol. The van der Waals surface area contributed by atoms with Gasteiger partial charge >= 0.3 is 5.97 Å². The number of amides is 2. The number of benzene rings is 2. The molecule has 1 spiro atoms. The van der Waals surface area contributed by atoms with E-state index in [0.717, 1.165) is 5.56 Å². The van der Waals surface area contributed by atoms with Crippen molar-refractivity contribution < 1.29 is 29.0 Å². The minimum absolute atomic E-state index is 0.183. The van der Waals surface area contributed by atoms with Gasteiger partial charge in [0.05, 0.1) is 30.8 Å². The highest BCUT2D eigenvalue weighted by atomic mass is 16.6. The highest BCUT2D eigenvalue weighted by Gasteiger charge is 2.79. The lowest BCUT2D eigenvalue weighted by atomic mass is 9.65. The minimum Gasteiger partial charge on any atom is -0.466 e. The van der Waals surface area contributed by atoms with Crippen molar-refractivity contribution in [2.45, 2.75) is 62.9 Å². The molecular formula is C32H38N2O6. The fourth-order valence-electron chi connectivity index (χ4n) is 7.26. The molecule has 5 rings (SSSR count). The SMILES string of the molecule is C=CCN(Cc1ccccc1)C(=O)C1N([C@H](CO)c2ccccc2)C(=O)[C@@H]2[C@@H](C(=O)OCC)[C@@]3(CC)CCC12O3. The average Bonchev–Trinajstić information content (AvgIpc) is 3.58. The van der Waals surface area contributed by atoms with Crippen LogP contribution < -0.4 is 0 Å². The van der Waals surface area contributed by atoms with Crippen molar-refractivity contribution in [2.75, 3.05) is 19.8 Å². The first kappa shape index (κ1) is 28.1. The highest BCUT2D eigenvalue weighted by molar-refractivity contribution is 5.99. The fourth-order valence-corrected chi connectivity index (χ4v) is 7.26. The van der Waals surface area contributed by atoms with E-state index in [4.69, 9.17) is 9.47 Å². The Kier molecular flexibility index (Phi) is 7.84. The van der Waals surface area contributed by atoms with E-state index in [0.29, 0.717) is 31.4 Å². The summed E-state index contributed by atoms with van der Waals surface area (Å²) in [5.74, 6) is -2.81. The van der Waals surface area contributed by atoms with Crippen LogP contribution in [0.3, 0.4) is 0 Å². The van der Waals surface area contributed by atoms with Crippen LogP contribution in [0.5, 0.6) is 0 Å². The van der Waals surface area contributed by atoms with Crippen molar-refractivity contribution in [1.29, 1.82) is 0 Å². The second-order valence-corrected chi connectivity index (χ2v) is 10.9. The number of ether oxygens (including phenoxy) is 2. The van der Waals surface area contributed by atoms with Crippen molar-refractivity contribution in [3.63, 3.8) is 0 Å². The Balaban J connectivity index is 1.64. The molecule has 40 heavy (non-hydrogen) atoms. The Bertz CT molecular complexity index is 1250. The van der Waals surface area contributed by atoms with Crippen LogP contribution in [-0.2, 0) is 30.4 Å². The van der Waals surface area contributed by atoms with Gasteiger partial charge in [0, 0.05) is 13.1 Å². The van der Waals surface area contributed by atoms with E-state index in [2.05, 4.69) is 6.58 Å². The Morgan fingerprint density at radius 2 is 1.82 bits per heavy atom. The molecule has 3 heterocycles. The number of carbonyl (C=O) groups excluding carboxylic acids is 3. The number of aliphatic hydroxyl groups excluding tert-OH is 1. The Morgan fingerprint density at radius 3 is 2.42 bits per heavy atom. The van der Waals surface area contributed by atoms with Crippen LogP contribution in [0.25, 0.3) is 0 Å². The normalized spacial score (nSPS) is 29.2. The van der Waals surface area contributed by atoms with Crippen LogP contribution in [0.4, 0.5) is 0 Å². The highest BCUT2D eigenvalue weighted by Crippen LogP contribution is 2.65. The van der Waals surface area contributed by atoms with Gasteiger partial charge < -0.3 is 24.4 Å². The number of rotatable bonds is 11. The van der Waals surface area contributed by atoms with Crippen LogP contribution in [0.2, 0.25) is 0 Å². The molecule has 212 valence electrons. The van der Waals surface area contributed by atoms with Gasteiger partial charge in [-0.05, 0) is 37.3 Å². The molecule has 0 aromatic heterocycles. The number of esters is 1. The number of hydrogen-bond acceptors (Lipinski definition) is 6. The summed E-state index contributed by atoms with van der Waals surface area (Å²) in [6.07, 6.45) is 3.19. The number of nitrogens with zero attached hydrogens (tertiary/aromatic N) is 2. The van der Waals surface area contributed by atoms with E-state index in [1.807, 2.05) is 67.6 Å². The monoisotopic (exact) mass is 546 g/mol. The standard InChI is InChI=1S/C32H38N2O6/c1-4-19-33(20-22-13-9-7-10-14-22)29(37)27-32-18-17-31(5-2,40-32)26(30(38)39-6-3)25(32)28(36)34(27)24(21-35)23-15-11-8-12-16-23/h4,7-16,24-27,35H,1,5-6,17-21H2,2-3H3/t24-,25+,26+,27?,31-,32?/m1/s1. The van der Waals surface area contributed by atoms with E-state index < -0.39 is 41.1 Å². The summed E-state index contributed by atoms with van der Waals surface area (Å²) in [4.78, 5) is 45.8. The van der Waals surface area contributed by atoms with Crippen LogP contribution in [-0.4, -0.2) is 69.7 Å². The van der Waals surface area contributed by atoms with E-state index in [1.165, 1.54) is 4.90 Å². The molecule has 2 unspecified atom stereocenters. The molecular weight excluding hydrogens is 508 g/mol. The molecule has 3 fully saturated rings. The number of carbonyl (C=O) groups is 3. The second-order valence-electron chi connectivity index (χ2n) is 10.9. The third-order valence-electron chi connectivity index (χ3n) is 8.96. The van der Waals surface area contributed by atoms with Crippen LogP contribution in [0.1, 0.15) is 50.3 Å². The summed E-state index contributed by atoms with van der Waals surface area (Å²) >= 11 is 0. The second kappa shape index (κ2) is 11.2. The van der Waals surface area contributed by atoms with Gasteiger partial charge in [-0.2, -0.15) is 0 Å². The molecule has 3 saturated heterocycles. The maximum absolute atomic E-state index is 14.7. The van der Waals surface area contributed by atoms with Crippen LogP contribution in [0, 0.1) is 11.8 Å². The third-order valence-corrected chi connectivity index (χ3v) is 8.96. The molecule has 6 atom stereocenters. The van der Waals surface area contributed by atoms with Crippen LogP contribution in [0.15, 0.2) is 73.3 Å². The molecule has 2 bridgehead atoms. The number of hydrogen-bond donors (Lipinski definition) is 1. The van der Waals surface area contributed by atoms with E-state index in [9.17, 15) is 19.5 Å². The molecule has 0 saturated carbocycles. The predicted molar refractivity (Wildman–Crippen MR) is 149 cm³/mol. The first-order valence-electron chi connectivity index (χ1n) is 14.2. The minimum atomic E-state index is -1.21. The van der Waals surface area contributed by atoms with Crippen molar-refractivity contribution in [2.24, 2.45) is 11.8 Å². The molecule has 8 heteroatoms. The molecule has 2 aromatic carbocycles. The topological polar surface area (TPSA) is 96.4 Å². The summed E-state index contributed by atoms with van der Waals surface area (Å²) in [6, 6.07) is 17.0. The first-order chi connectivity index (χ1) is 19.4. The summed E-state index contributed by atoms with van der Waals surface area (Å²) in [5, 5.41) is 10.7. The lowest BCUT2D eigenvalue weighted by Gasteiger charge is -2.39. The van der Waals surface area contributed by atoms with Crippen molar-refractivity contribution >= 4 is 17.8 Å². The van der Waals surface area contributed by atoms with Gasteiger partial charge in [-0.25, -0.2) is 0 Å². The molecule has 2 aromatic rings. The first-order valence-corrected chi connectivity index (χ1v) is 14.2. The smallest absolute Gasteiger partial charge is 0.312 e. The van der Waals surface area contributed by atoms with Gasteiger partial charge in [0.2, 0.25) is 11.8 Å². The maximum Gasteiger partial charge on any atom is 0.312 e. The summed E-state index contributed by atoms with van der Waals surface area (Å²) in [6.45, 7) is 7.94. The molecule has 3 aliphatic rings. The molecule has 0 radical (unpaired) electrons. The zero-order chi connectivity index (χ0) is 28.5. The Hall–Kier alpha value is -3.49. The summed E-state index contributed by atoms with van der Waals surface area (Å²) in [5.41, 5.74) is -0.435. The van der Waals surface area contributed by atoms with Gasteiger partial charge in [0.15, 0.2) is 0 Å². The predicted octanol–water partition coefficient (Wildman–Crippen LogP) is 3.65. The van der Waals surface area contributed by atoms with Gasteiger partial charge in [-0.15, -0.1) is 6.58 Å². The van der Waals surface area contributed by atoms with E-state index >= 15 is 0 Å². The number of fused-ring (bicyclic) bond motifs is 1. The lowest BCUT2D eigenvalue weighted by molar-refractivity contribution is -0.163. The largest absolute Gasteiger partial charge is 0.466 e. The molecule has 8 nitrogen and oxygen atoms in total. The zero-order valence-corrected chi connectivity index (χ0v) is 23.2.